The minimum atomic E-state index is -3.45. The van der Waals surface area contributed by atoms with E-state index in [0.717, 1.165) is 41.6 Å². The van der Waals surface area contributed by atoms with Crippen LogP contribution < -0.4 is 9.46 Å². The molecule has 0 saturated heterocycles. The molecule has 0 unspecified atom stereocenters. The number of H-pyrrole nitrogens is 2. The fraction of sp³-hybridized carbons (Fsp3) is 0.258. The second-order valence-corrected chi connectivity index (χ2v) is 12.9. The van der Waals surface area contributed by atoms with Crippen LogP contribution in [0, 0.1) is 5.82 Å². The van der Waals surface area contributed by atoms with Gasteiger partial charge in [-0.2, -0.15) is 5.10 Å². The fourth-order valence-corrected chi connectivity index (χ4v) is 6.01. The summed E-state index contributed by atoms with van der Waals surface area (Å²) in [6.07, 6.45) is 12.1. The molecule has 0 spiro atoms. The SMILES string of the molecule is CS(=O)(=O)NCc1cc(F)cc(-c2nccc3[nH]c(-c4n[nH]c5ccc(-c6cncc(OC7CCCCC7)c6)nc45)nc23)c1. The van der Waals surface area contributed by atoms with Gasteiger partial charge in [-0.05, 0) is 73.7 Å². The van der Waals surface area contributed by atoms with Gasteiger partial charge in [0.1, 0.15) is 22.6 Å². The summed E-state index contributed by atoms with van der Waals surface area (Å²) in [5.74, 6) is 0.682. The van der Waals surface area contributed by atoms with Crippen molar-refractivity contribution in [3.8, 4) is 39.8 Å². The summed E-state index contributed by atoms with van der Waals surface area (Å²) in [6, 6.07) is 11.9. The summed E-state index contributed by atoms with van der Waals surface area (Å²) in [6.45, 7) is -0.0518. The van der Waals surface area contributed by atoms with E-state index in [2.05, 4.69) is 29.9 Å². The van der Waals surface area contributed by atoms with Crippen LogP contribution in [0.25, 0.3) is 56.1 Å². The standard InChI is InChI=1S/C31H29FN8O3S/c1-44(41,42)35-15-18-11-19(13-21(32)12-18)27-28-25(9-10-34-27)37-31(38-28)30-29-26(39-40-30)8-7-24(36-29)20-14-23(17-33-16-20)43-22-5-3-2-4-6-22/h7-14,16-17,22,35H,2-6,15H2,1H3,(H,37,38)(H,39,40). The summed E-state index contributed by atoms with van der Waals surface area (Å²) in [4.78, 5) is 21.9. The van der Waals surface area contributed by atoms with Gasteiger partial charge in [0.2, 0.25) is 10.0 Å². The van der Waals surface area contributed by atoms with E-state index in [0.29, 0.717) is 44.9 Å². The van der Waals surface area contributed by atoms with Gasteiger partial charge in [-0.3, -0.25) is 15.1 Å². The molecule has 0 bridgehead atoms. The molecule has 1 aliphatic carbocycles. The van der Waals surface area contributed by atoms with Crippen LogP contribution in [0.5, 0.6) is 5.75 Å². The molecule has 0 radical (unpaired) electrons. The van der Waals surface area contributed by atoms with E-state index >= 15 is 0 Å². The van der Waals surface area contributed by atoms with E-state index in [1.54, 1.807) is 30.7 Å². The van der Waals surface area contributed by atoms with Crippen molar-refractivity contribution in [3.05, 3.63) is 72.4 Å². The first kappa shape index (κ1) is 28.0. The number of sulfonamides is 1. The number of imidazole rings is 1. The zero-order valence-electron chi connectivity index (χ0n) is 23.8. The molecule has 0 atom stereocenters. The van der Waals surface area contributed by atoms with Crippen LogP contribution in [0.2, 0.25) is 0 Å². The number of benzene rings is 1. The van der Waals surface area contributed by atoms with Crippen LogP contribution in [0.1, 0.15) is 37.7 Å². The molecule has 1 fully saturated rings. The topological polar surface area (TPSA) is 151 Å². The van der Waals surface area contributed by atoms with Crippen molar-refractivity contribution in [3.63, 3.8) is 0 Å². The quantitative estimate of drug-likeness (QED) is 0.203. The van der Waals surface area contributed by atoms with Crippen LogP contribution in [-0.2, 0) is 16.6 Å². The molecule has 1 saturated carbocycles. The number of aromatic amines is 2. The Morgan fingerprint density at radius 1 is 0.955 bits per heavy atom. The number of rotatable bonds is 8. The van der Waals surface area contributed by atoms with Crippen molar-refractivity contribution in [2.75, 3.05) is 6.26 Å². The molecule has 7 rings (SSSR count). The van der Waals surface area contributed by atoms with E-state index in [-0.39, 0.29) is 12.6 Å². The Bertz CT molecular complexity index is 2100. The van der Waals surface area contributed by atoms with Crippen LogP contribution in [0.15, 0.2) is 61.1 Å². The number of nitrogens with zero attached hydrogens (tertiary/aromatic N) is 5. The van der Waals surface area contributed by atoms with Crippen LogP contribution in [-0.4, -0.2) is 55.9 Å². The summed E-state index contributed by atoms with van der Waals surface area (Å²) in [5, 5.41) is 7.53. The van der Waals surface area contributed by atoms with Crippen LogP contribution in [0.4, 0.5) is 4.39 Å². The Morgan fingerprint density at radius 2 is 1.80 bits per heavy atom. The first-order valence-electron chi connectivity index (χ1n) is 14.4. The van der Waals surface area contributed by atoms with Crippen molar-refractivity contribution in [2.45, 2.75) is 44.8 Å². The monoisotopic (exact) mass is 612 g/mol. The van der Waals surface area contributed by atoms with Gasteiger partial charge in [-0.15, -0.1) is 0 Å². The minimum Gasteiger partial charge on any atom is -0.489 e. The predicted molar refractivity (Wildman–Crippen MR) is 165 cm³/mol. The molecule has 5 aromatic heterocycles. The van der Waals surface area contributed by atoms with Gasteiger partial charge in [-0.25, -0.2) is 27.5 Å². The molecule has 0 amide bonds. The molecule has 1 aromatic carbocycles. The molecule has 5 heterocycles. The Labute approximate surface area is 252 Å². The second-order valence-electron chi connectivity index (χ2n) is 11.0. The minimum absolute atomic E-state index is 0.0518. The average Bonchev–Trinajstić information content (AvgIpc) is 3.64. The maximum Gasteiger partial charge on any atom is 0.209 e. The Balaban J connectivity index is 1.23. The van der Waals surface area contributed by atoms with Crippen LogP contribution >= 0.6 is 0 Å². The van der Waals surface area contributed by atoms with Crippen molar-refractivity contribution in [1.29, 1.82) is 0 Å². The zero-order valence-corrected chi connectivity index (χ0v) is 24.7. The number of halogens is 1. The molecular weight excluding hydrogens is 583 g/mol. The summed E-state index contributed by atoms with van der Waals surface area (Å²) < 4.78 is 46.3. The van der Waals surface area contributed by atoms with Gasteiger partial charge in [-0.1, -0.05) is 6.42 Å². The number of ether oxygens (including phenoxy) is 1. The van der Waals surface area contributed by atoms with E-state index in [4.69, 9.17) is 14.7 Å². The number of hydrogen-bond acceptors (Lipinski definition) is 8. The molecule has 3 N–H and O–H groups in total. The Kier molecular flexibility index (Phi) is 7.26. The van der Waals surface area contributed by atoms with Crippen molar-refractivity contribution >= 4 is 32.1 Å². The lowest BCUT2D eigenvalue weighted by Crippen LogP contribution is -2.21. The van der Waals surface area contributed by atoms with Crippen molar-refractivity contribution < 1.29 is 17.5 Å². The van der Waals surface area contributed by atoms with Crippen molar-refractivity contribution in [1.82, 2.24) is 39.8 Å². The fourth-order valence-electron chi connectivity index (χ4n) is 5.59. The molecule has 13 heteroatoms. The number of hydrogen-bond donors (Lipinski definition) is 3. The van der Waals surface area contributed by atoms with E-state index < -0.39 is 15.8 Å². The highest BCUT2D eigenvalue weighted by Crippen LogP contribution is 2.32. The van der Waals surface area contributed by atoms with Gasteiger partial charge in [0.15, 0.2) is 11.5 Å². The second kappa shape index (κ2) is 11.4. The van der Waals surface area contributed by atoms with E-state index in [9.17, 15) is 12.8 Å². The highest BCUT2D eigenvalue weighted by Gasteiger charge is 2.19. The van der Waals surface area contributed by atoms with Gasteiger partial charge >= 0.3 is 0 Å². The number of pyridine rings is 3. The third-order valence-corrected chi connectivity index (χ3v) is 8.34. The highest BCUT2D eigenvalue weighted by atomic mass is 32.2. The summed E-state index contributed by atoms with van der Waals surface area (Å²) >= 11 is 0. The van der Waals surface area contributed by atoms with E-state index in [1.807, 2.05) is 18.2 Å². The summed E-state index contributed by atoms with van der Waals surface area (Å²) in [7, 11) is -3.45. The Morgan fingerprint density at radius 3 is 2.64 bits per heavy atom. The zero-order chi connectivity index (χ0) is 30.3. The molecule has 11 nitrogen and oxygen atoms in total. The number of aromatic nitrogens is 7. The third kappa shape index (κ3) is 5.88. The van der Waals surface area contributed by atoms with Crippen LogP contribution in [0.3, 0.4) is 0 Å². The van der Waals surface area contributed by atoms with Crippen molar-refractivity contribution in [2.24, 2.45) is 0 Å². The summed E-state index contributed by atoms with van der Waals surface area (Å²) in [5.41, 5.74) is 5.97. The first-order chi connectivity index (χ1) is 21.3. The maximum absolute atomic E-state index is 14.6. The lowest BCUT2D eigenvalue weighted by Gasteiger charge is -2.22. The lowest BCUT2D eigenvalue weighted by atomic mass is 9.98. The molecule has 224 valence electrons. The molecular formula is C31H29FN8O3S. The Hall–Kier alpha value is -4.75. The molecule has 44 heavy (non-hydrogen) atoms. The molecule has 6 aromatic rings. The van der Waals surface area contributed by atoms with Gasteiger partial charge in [0.05, 0.1) is 41.0 Å². The number of fused-ring (bicyclic) bond motifs is 2. The van der Waals surface area contributed by atoms with E-state index in [1.165, 1.54) is 31.4 Å². The third-order valence-electron chi connectivity index (χ3n) is 7.67. The lowest BCUT2D eigenvalue weighted by molar-refractivity contribution is 0.154. The van der Waals surface area contributed by atoms with Gasteiger partial charge < -0.3 is 9.72 Å². The molecule has 0 aliphatic heterocycles. The highest BCUT2D eigenvalue weighted by molar-refractivity contribution is 7.88. The largest absolute Gasteiger partial charge is 0.489 e. The smallest absolute Gasteiger partial charge is 0.209 e. The number of nitrogens with one attached hydrogen (secondary N) is 3. The predicted octanol–water partition coefficient (Wildman–Crippen LogP) is 5.53. The van der Waals surface area contributed by atoms with Gasteiger partial charge in [0, 0.05) is 30.1 Å². The molecule has 1 aliphatic rings. The maximum atomic E-state index is 14.6. The van der Waals surface area contributed by atoms with Gasteiger partial charge in [0.25, 0.3) is 0 Å². The normalized spacial score (nSPS) is 14.4. The average molecular weight is 613 g/mol. The first-order valence-corrected chi connectivity index (χ1v) is 16.2.